The maximum Gasteiger partial charge on any atom is 0.408 e. The Morgan fingerprint density at radius 2 is 1.70 bits per heavy atom. The second-order valence-corrected chi connectivity index (χ2v) is 8.66. The van der Waals surface area contributed by atoms with E-state index < -0.39 is 35.4 Å². The van der Waals surface area contributed by atoms with E-state index >= 15 is 0 Å². The molecule has 2 heterocycles. The van der Waals surface area contributed by atoms with E-state index in [4.69, 9.17) is 18.3 Å². The molecule has 0 radical (unpaired) electrons. The Balaban J connectivity index is 2.28. The Morgan fingerprint density at radius 1 is 1.03 bits per heavy atom. The lowest BCUT2D eigenvalue weighted by atomic mass is 10.1. The maximum atomic E-state index is 12.4. The van der Waals surface area contributed by atoms with Gasteiger partial charge in [0.15, 0.2) is 11.4 Å². The summed E-state index contributed by atoms with van der Waals surface area (Å²) < 4.78 is 26.8. The van der Waals surface area contributed by atoms with Crippen LogP contribution in [0.1, 0.15) is 70.9 Å². The quantitative estimate of drug-likeness (QED) is 0.689. The highest BCUT2D eigenvalue weighted by atomic mass is 16.6. The van der Waals surface area contributed by atoms with E-state index in [2.05, 4.69) is 20.0 Å². The Kier molecular flexibility index (Phi) is 6.91. The van der Waals surface area contributed by atoms with E-state index in [1.807, 2.05) is 20.8 Å². The molecular weight excluding hydrogens is 394 g/mol. The molecule has 0 saturated heterocycles. The van der Waals surface area contributed by atoms with Crippen molar-refractivity contribution in [2.75, 3.05) is 7.11 Å². The van der Waals surface area contributed by atoms with Gasteiger partial charge in [-0.3, -0.25) is 0 Å². The summed E-state index contributed by atoms with van der Waals surface area (Å²) in [5.74, 6) is -0.387. The molecule has 10 nitrogen and oxygen atoms in total. The fraction of sp³-hybridized carbons (Fsp3) is 0.600. The first-order valence-corrected chi connectivity index (χ1v) is 9.46. The van der Waals surface area contributed by atoms with Crippen LogP contribution in [0.25, 0.3) is 11.6 Å². The molecule has 1 N–H and O–H groups in total. The smallest absolute Gasteiger partial charge is 0.408 e. The van der Waals surface area contributed by atoms with Crippen LogP contribution in [-0.2, 0) is 14.2 Å². The number of esters is 1. The summed E-state index contributed by atoms with van der Waals surface area (Å²) >= 11 is 0. The van der Waals surface area contributed by atoms with Crippen LogP contribution >= 0.6 is 0 Å². The van der Waals surface area contributed by atoms with Gasteiger partial charge in [0.25, 0.3) is 0 Å². The monoisotopic (exact) mass is 423 g/mol. The van der Waals surface area contributed by atoms with E-state index in [0.717, 1.165) is 6.26 Å². The van der Waals surface area contributed by atoms with Gasteiger partial charge in [0, 0.05) is 0 Å². The molecule has 0 aliphatic rings. The second-order valence-electron chi connectivity index (χ2n) is 8.66. The summed E-state index contributed by atoms with van der Waals surface area (Å²) in [5, 5.41) is 2.74. The lowest BCUT2D eigenvalue weighted by Crippen LogP contribution is -2.42. The fourth-order valence-corrected chi connectivity index (χ4v) is 2.56. The number of methoxy groups -OCH3 is 1. The zero-order valence-corrected chi connectivity index (χ0v) is 18.6. The number of alkyl carbamates (subject to hydrolysis) is 1. The van der Waals surface area contributed by atoms with Crippen molar-refractivity contribution in [2.24, 2.45) is 0 Å². The molecule has 30 heavy (non-hydrogen) atoms. The van der Waals surface area contributed by atoms with Crippen LogP contribution in [0.15, 0.2) is 21.4 Å². The minimum atomic E-state index is -0.747. The van der Waals surface area contributed by atoms with Crippen molar-refractivity contribution >= 4 is 12.1 Å². The van der Waals surface area contributed by atoms with Crippen molar-refractivity contribution in [3.63, 3.8) is 0 Å². The minimum absolute atomic E-state index is 0.00455. The van der Waals surface area contributed by atoms with Crippen LogP contribution in [0.3, 0.4) is 0 Å². The summed E-state index contributed by atoms with van der Waals surface area (Å²) in [6.45, 7) is 12.8. The number of nitrogens with one attached hydrogen (secondary N) is 1. The second kappa shape index (κ2) is 8.86. The van der Waals surface area contributed by atoms with Gasteiger partial charge in [-0.1, -0.05) is 0 Å². The van der Waals surface area contributed by atoms with Crippen molar-refractivity contribution in [2.45, 2.75) is 71.8 Å². The van der Waals surface area contributed by atoms with E-state index in [1.54, 1.807) is 27.7 Å². The van der Waals surface area contributed by atoms with Gasteiger partial charge in [-0.25, -0.2) is 19.6 Å². The van der Waals surface area contributed by atoms with Crippen LogP contribution in [0.4, 0.5) is 4.79 Å². The summed E-state index contributed by atoms with van der Waals surface area (Å²) in [4.78, 5) is 32.3. The molecule has 2 aromatic heterocycles. The molecule has 0 aromatic carbocycles. The lowest BCUT2D eigenvalue weighted by Gasteiger charge is -2.30. The van der Waals surface area contributed by atoms with Gasteiger partial charge in [0.1, 0.15) is 24.2 Å². The first-order valence-electron chi connectivity index (χ1n) is 9.46. The predicted octanol–water partition coefficient (Wildman–Crippen LogP) is 3.89. The number of hydrogen-bond acceptors (Lipinski definition) is 9. The molecule has 0 fully saturated rings. The zero-order valence-electron chi connectivity index (χ0n) is 18.6. The number of carbonyl (C=O) groups excluding carboxylic acids is 2. The van der Waals surface area contributed by atoms with Gasteiger partial charge in [0.05, 0.1) is 18.8 Å². The van der Waals surface area contributed by atoms with Crippen molar-refractivity contribution in [1.82, 2.24) is 15.3 Å². The van der Waals surface area contributed by atoms with E-state index in [0.29, 0.717) is 0 Å². The molecule has 0 bridgehead atoms. The average molecular weight is 423 g/mol. The zero-order chi connectivity index (χ0) is 22.7. The van der Waals surface area contributed by atoms with Gasteiger partial charge >= 0.3 is 12.1 Å². The Morgan fingerprint density at radius 3 is 2.27 bits per heavy atom. The molecule has 166 valence electrons. The van der Waals surface area contributed by atoms with Crippen molar-refractivity contribution in [3.05, 3.63) is 24.1 Å². The Hall–Kier alpha value is -2.88. The summed E-state index contributed by atoms with van der Waals surface area (Å²) in [6, 6.07) is -0.747. The molecule has 0 aliphatic carbocycles. The van der Waals surface area contributed by atoms with Gasteiger partial charge in [-0.05, 0) is 48.5 Å². The third-order valence-electron chi connectivity index (χ3n) is 3.59. The summed E-state index contributed by atoms with van der Waals surface area (Å²) in [6.07, 6.45) is 1.34. The number of nitrogens with zero attached hydrogens (tertiary/aromatic N) is 2. The van der Waals surface area contributed by atoms with Gasteiger partial charge in [-0.2, -0.15) is 0 Å². The topological polar surface area (TPSA) is 126 Å². The lowest BCUT2D eigenvalue weighted by molar-refractivity contribution is -0.0710. The molecule has 1 amide bonds. The van der Waals surface area contributed by atoms with Crippen LogP contribution < -0.4 is 5.32 Å². The largest absolute Gasteiger partial charge is 0.464 e. The normalized spacial score (nSPS) is 14.1. The number of hydrogen-bond donors (Lipinski definition) is 1. The number of rotatable bonds is 6. The molecule has 2 aromatic rings. The summed E-state index contributed by atoms with van der Waals surface area (Å²) in [5.41, 5.74) is -0.892. The fourth-order valence-electron chi connectivity index (χ4n) is 2.56. The van der Waals surface area contributed by atoms with E-state index in [1.165, 1.54) is 13.4 Å². The number of carbonyl (C=O) groups is 2. The molecular formula is C20H29N3O7. The van der Waals surface area contributed by atoms with Crippen molar-refractivity contribution in [3.8, 4) is 11.6 Å². The SMILES string of the molecule is COC(=O)c1coc(-c2coc([C@@H](NC(=O)OC(C)(C)C)C(C)OC(C)(C)C)n2)n1. The molecule has 10 heteroatoms. The van der Waals surface area contributed by atoms with E-state index in [9.17, 15) is 9.59 Å². The molecule has 1 unspecified atom stereocenters. The molecule has 0 spiro atoms. The standard InChI is InChI=1S/C20H29N3O7/c1-11(29-19(2,3)4)14(23-18(25)30-20(5,6)7)16-21-12(9-28-16)15-22-13(10-27-15)17(24)26-8/h9-11,14H,1-8H3,(H,23,25)/t11?,14-/m0/s1. The van der Waals surface area contributed by atoms with Crippen LogP contribution in [0.2, 0.25) is 0 Å². The predicted molar refractivity (Wildman–Crippen MR) is 106 cm³/mol. The first kappa shape index (κ1) is 23.4. The number of aromatic nitrogens is 2. The van der Waals surface area contributed by atoms with Crippen LogP contribution in [0.5, 0.6) is 0 Å². The highest BCUT2D eigenvalue weighted by Crippen LogP contribution is 2.27. The maximum absolute atomic E-state index is 12.4. The Labute approximate surface area is 175 Å². The Bertz CT molecular complexity index is 874. The van der Waals surface area contributed by atoms with E-state index in [-0.39, 0.29) is 23.2 Å². The van der Waals surface area contributed by atoms with Gasteiger partial charge < -0.3 is 28.4 Å². The number of amides is 1. The molecule has 2 rings (SSSR count). The van der Waals surface area contributed by atoms with Crippen LogP contribution in [0, 0.1) is 0 Å². The van der Waals surface area contributed by atoms with Crippen molar-refractivity contribution in [1.29, 1.82) is 0 Å². The number of ether oxygens (including phenoxy) is 3. The summed E-state index contributed by atoms with van der Waals surface area (Å²) in [7, 11) is 1.24. The highest BCUT2D eigenvalue weighted by Gasteiger charge is 2.32. The van der Waals surface area contributed by atoms with Gasteiger partial charge in [0.2, 0.25) is 11.8 Å². The van der Waals surface area contributed by atoms with Gasteiger partial charge in [-0.15, -0.1) is 0 Å². The van der Waals surface area contributed by atoms with Crippen LogP contribution in [-0.4, -0.2) is 46.4 Å². The first-order chi connectivity index (χ1) is 13.8. The minimum Gasteiger partial charge on any atom is -0.464 e. The van der Waals surface area contributed by atoms with Crippen molar-refractivity contribution < 1.29 is 32.6 Å². The third-order valence-corrected chi connectivity index (χ3v) is 3.59. The highest BCUT2D eigenvalue weighted by molar-refractivity contribution is 5.87. The third kappa shape index (κ3) is 6.58. The number of oxazole rings is 2. The molecule has 2 atom stereocenters. The molecule has 0 saturated carbocycles. The average Bonchev–Trinajstić information content (AvgIpc) is 3.24. The molecule has 0 aliphatic heterocycles.